The number of benzene rings is 2. The number of anilines is 2. The largest absolute Gasteiger partial charge is 0.361 e. The van der Waals surface area contributed by atoms with E-state index >= 15 is 0 Å². The maximum Gasteiger partial charge on any atom is 0.243 e. The van der Waals surface area contributed by atoms with Gasteiger partial charge in [-0.3, -0.25) is 0 Å². The van der Waals surface area contributed by atoms with E-state index in [1.807, 2.05) is 61.5 Å². The molecule has 0 bridgehead atoms. The first-order valence-electron chi connectivity index (χ1n) is 9.21. The lowest BCUT2D eigenvalue weighted by Gasteiger charge is -2.34. The van der Waals surface area contributed by atoms with Crippen molar-refractivity contribution in [1.29, 1.82) is 0 Å². The fourth-order valence-corrected chi connectivity index (χ4v) is 5.08. The Hall–Kier alpha value is -2.71. The Morgan fingerprint density at radius 2 is 1.57 bits per heavy atom. The van der Waals surface area contributed by atoms with Crippen LogP contribution in [0.15, 0.2) is 59.5 Å². The molecule has 1 aliphatic rings. The lowest BCUT2D eigenvalue weighted by molar-refractivity contribution is 0.384. The summed E-state index contributed by atoms with van der Waals surface area (Å²) in [6, 6.07) is 16.8. The third-order valence-electron chi connectivity index (χ3n) is 5.02. The van der Waals surface area contributed by atoms with E-state index in [0.717, 1.165) is 22.4 Å². The molecule has 0 radical (unpaired) electrons. The maximum atomic E-state index is 13.2. The molecule has 0 amide bonds. The molecular formula is C20H23N5O2S. The molecular weight excluding hydrogens is 374 g/mol. The van der Waals surface area contributed by atoms with Crippen LogP contribution in [-0.2, 0) is 10.0 Å². The highest BCUT2D eigenvalue weighted by atomic mass is 32.2. The Balaban J connectivity index is 1.52. The third-order valence-corrected chi connectivity index (χ3v) is 6.98. The van der Waals surface area contributed by atoms with Crippen LogP contribution in [0, 0.1) is 0 Å². The van der Waals surface area contributed by atoms with Gasteiger partial charge >= 0.3 is 0 Å². The monoisotopic (exact) mass is 397 g/mol. The van der Waals surface area contributed by atoms with Crippen LogP contribution in [0.1, 0.15) is 0 Å². The van der Waals surface area contributed by atoms with Crippen LogP contribution in [0.3, 0.4) is 0 Å². The molecule has 0 atom stereocenters. The summed E-state index contributed by atoms with van der Waals surface area (Å²) in [7, 11) is 0.286. The molecule has 146 valence electrons. The maximum absolute atomic E-state index is 13.2. The van der Waals surface area contributed by atoms with Crippen LogP contribution in [0.2, 0.25) is 0 Å². The molecule has 0 spiro atoms. The Bertz CT molecular complexity index is 1070. The van der Waals surface area contributed by atoms with Crippen LogP contribution in [-0.4, -0.2) is 63.2 Å². The summed E-state index contributed by atoms with van der Waals surface area (Å²) in [5.74, 6) is 1.56. The van der Waals surface area contributed by atoms with E-state index in [-0.39, 0.29) is 0 Å². The van der Waals surface area contributed by atoms with Crippen molar-refractivity contribution >= 4 is 32.4 Å². The predicted molar refractivity (Wildman–Crippen MR) is 111 cm³/mol. The number of sulfonamides is 1. The molecule has 2 heterocycles. The summed E-state index contributed by atoms with van der Waals surface area (Å²) in [6.45, 7) is 2.01. The van der Waals surface area contributed by atoms with E-state index in [2.05, 4.69) is 15.1 Å². The van der Waals surface area contributed by atoms with Gasteiger partial charge < -0.3 is 9.80 Å². The van der Waals surface area contributed by atoms with Gasteiger partial charge in [0.15, 0.2) is 11.6 Å². The van der Waals surface area contributed by atoms with E-state index in [0.29, 0.717) is 31.1 Å². The van der Waals surface area contributed by atoms with Crippen molar-refractivity contribution in [3.05, 3.63) is 54.6 Å². The normalized spacial score (nSPS) is 15.7. The summed E-state index contributed by atoms with van der Waals surface area (Å²) >= 11 is 0. The van der Waals surface area contributed by atoms with Crippen molar-refractivity contribution in [2.75, 3.05) is 50.1 Å². The topological polar surface area (TPSA) is 69.6 Å². The molecule has 28 heavy (non-hydrogen) atoms. The van der Waals surface area contributed by atoms with E-state index in [1.165, 1.54) is 0 Å². The summed E-state index contributed by atoms with van der Waals surface area (Å²) in [4.78, 5) is 4.33. The average molecular weight is 398 g/mol. The van der Waals surface area contributed by atoms with Crippen molar-refractivity contribution in [2.45, 2.75) is 4.90 Å². The second-order valence-corrected chi connectivity index (χ2v) is 8.92. The Morgan fingerprint density at radius 1 is 0.857 bits per heavy atom. The van der Waals surface area contributed by atoms with Gasteiger partial charge in [-0.15, -0.1) is 10.2 Å². The van der Waals surface area contributed by atoms with E-state index in [1.54, 1.807) is 16.4 Å². The number of hydrogen-bond acceptors (Lipinski definition) is 6. The molecule has 1 aliphatic heterocycles. The van der Waals surface area contributed by atoms with Gasteiger partial charge in [-0.2, -0.15) is 4.31 Å². The minimum absolute atomic E-state index is 0.370. The van der Waals surface area contributed by atoms with Crippen molar-refractivity contribution in [3.8, 4) is 0 Å². The summed E-state index contributed by atoms with van der Waals surface area (Å²) in [5, 5.41) is 10.2. The molecule has 8 heteroatoms. The second-order valence-electron chi connectivity index (χ2n) is 7.01. The SMILES string of the molecule is CN(C)c1ccc(N2CCN(S(=O)(=O)c3cccc4ccccc34)CC2)nn1. The van der Waals surface area contributed by atoms with Crippen LogP contribution < -0.4 is 9.80 Å². The van der Waals surface area contributed by atoms with Crippen LogP contribution >= 0.6 is 0 Å². The zero-order valence-electron chi connectivity index (χ0n) is 16.0. The van der Waals surface area contributed by atoms with Crippen molar-refractivity contribution in [3.63, 3.8) is 0 Å². The summed E-state index contributed by atoms with van der Waals surface area (Å²) < 4.78 is 28.0. The molecule has 0 N–H and O–H groups in total. The van der Waals surface area contributed by atoms with Gasteiger partial charge in [0, 0.05) is 45.7 Å². The van der Waals surface area contributed by atoms with Gasteiger partial charge in [0.1, 0.15) is 0 Å². The fourth-order valence-electron chi connectivity index (χ4n) is 3.44. The van der Waals surface area contributed by atoms with E-state index < -0.39 is 10.0 Å². The number of piperazine rings is 1. The molecule has 4 rings (SSSR count). The Labute approximate surface area is 165 Å². The van der Waals surface area contributed by atoms with Gasteiger partial charge in [-0.1, -0.05) is 36.4 Å². The van der Waals surface area contributed by atoms with Gasteiger partial charge in [0.2, 0.25) is 10.0 Å². The highest BCUT2D eigenvalue weighted by Gasteiger charge is 2.30. The Kier molecular flexibility index (Phi) is 4.91. The van der Waals surface area contributed by atoms with Gasteiger partial charge in [0.05, 0.1) is 4.90 Å². The highest BCUT2D eigenvalue weighted by Crippen LogP contribution is 2.27. The van der Waals surface area contributed by atoms with E-state index in [9.17, 15) is 8.42 Å². The van der Waals surface area contributed by atoms with Gasteiger partial charge in [-0.25, -0.2) is 8.42 Å². The second kappa shape index (κ2) is 7.37. The lowest BCUT2D eigenvalue weighted by Crippen LogP contribution is -2.49. The third kappa shape index (κ3) is 3.41. The molecule has 2 aromatic carbocycles. The molecule has 0 aliphatic carbocycles. The first kappa shape index (κ1) is 18.6. The number of hydrogen-bond donors (Lipinski definition) is 0. The van der Waals surface area contributed by atoms with Crippen LogP contribution in [0.5, 0.6) is 0 Å². The van der Waals surface area contributed by atoms with Crippen LogP contribution in [0.4, 0.5) is 11.6 Å². The number of rotatable bonds is 4. The first-order chi connectivity index (χ1) is 13.5. The lowest BCUT2D eigenvalue weighted by atomic mass is 10.1. The number of aromatic nitrogens is 2. The minimum Gasteiger partial charge on any atom is -0.361 e. The number of nitrogens with zero attached hydrogens (tertiary/aromatic N) is 5. The zero-order chi connectivity index (χ0) is 19.7. The van der Waals surface area contributed by atoms with Crippen LogP contribution in [0.25, 0.3) is 10.8 Å². The molecule has 1 saturated heterocycles. The van der Waals surface area contributed by atoms with Crippen molar-refractivity contribution in [2.24, 2.45) is 0 Å². The molecule has 0 saturated carbocycles. The highest BCUT2D eigenvalue weighted by molar-refractivity contribution is 7.89. The predicted octanol–water partition coefficient (Wildman–Crippen LogP) is 2.21. The molecule has 1 fully saturated rings. The first-order valence-corrected chi connectivity index (χ1v) is 10.6. The summed E-state index contributed by atoms with van der Waals surface area (Å²) in [6.07, 6.45) is 0. The summed E-state index contributed by atoms with van der Waals surface area (Å²) in [5.41, 5.74) is 0. The average Bonchev–Trinajstić information content (AvgIpc) is 2.73. The standard InChI is InChI=1S/C20H23N5O2S/c1-23(2)19-10-11-20(22-21-19)24-12-14-25(15-13-24)28(26,27)18-9-5-7-16-6-3-4-8-17(16)18/h3-11H,12-15H2,1-2H3. The van der Waals surface area contributed by atoms with Gasteiger partial charge in [-0.05, 0) is 23.6 Å². The fraction of sp³-hybridized carbons (Fsp3) is 0.300. The van der Waals surface area contributed by atoms with Crippen molar-refractivity contribution in [1.82, 2.24) is 14.5 Å². The molecule has 0 unspecified atom stereocenters. The molecule has 1 aromatic heterocycles. The molecule has 7 nitrogen and oxygen atoms in total. The smallest absolute Gasteiger partial charge is 0.243 e. The van der Waals surface area contributed by atoms with E-state index in [4.69, 9.17) is 0 Å². The van der Waals surface area contributed by atoms with Crippen molar-refractivity contribution < 1.29 is 8.42 Å². The number of fused-ring (bicyclic) bond motifs is 1. The Morgan fingerprint density at radius 3 is 2.25 bits per heavy atom. The zero-order valence-corrected chi connectivity index (χ0v) is 16.8. The minimum atomic E-state index is -3.55. The molecule has 3 aromatic rings. The van der Waals surface area contributed by atoms with Gasteiger partial charge in [0.25, 0.3) is 0 Å². The quantitative estimate of drug-likeness (QED) is 0.672.